The van der Waals surface area contributed by atoms with E-state index in [0.29, 0.717) is 34.0 Å². The van der Waals surface area contributed by atoms with Gasteiger partial charge in [0.2, 0.25) is 0 Å². The maximum atomic E-state index is 13.3. The van der Waals surface area contributed by atoms with Crippen molar-refractivity contribution >= 4 is 41.3 Å². The van der Waals surface area contributed by atoms with Crippen molar-refractivity contribution in [3.05, 3.63) is 129 Å². The zero-order chi connectivity index (χ0) is 34.1. The van der Waals surface area contributed by atoms with Crippen molar-refractivity contribution in [3.63, 3.8) is 0 Å². The van der Waals surface area contributed by atoms with Gasteiger partial charge in [-0.05, 0) is 81.6 Å². The SMILES string of the molecule is CCC1=C(Cl)c2c(-c3ccc(C(F)(F)F)cc3)cccc2C1[Si](C)(C)C1C(CC)=C(Cl)c2c(-c3ccc(C(F)(F)F)cc3)cccc21. The van der Waals surface area contributed by atoms with Gasteiger partial charge in [0.25, 0.3) is 0 Å². The molecule has 0 saturated heterocycles. The summed E-state index contributed by atoms with van der Waals surface area (Å²) < 4.78 is 80.0. The molecule has 4 aromatic rings. The molecular formula is C38H32Cl2F6Si. The average molecular weight is 702 g/mol. The van der Waals surface area contributed by atoms with Gasteiger partial charge in [-0.1, -0.05) is 111 Å². The Kier molecular flexibility index (Phi) is 8.59. The lowest BCUT2D eigenvalue weighted by Gasteiger charge is -2.40. The number of benzene rings is 4. The fourth-order valence-corrected chi connectivity index (χ4v) is 13.8. The molecule has 2 aliphatic rings. The van der Waals surface area contributed by atoms with Crippen LogP contribution in [0.25, 0.3) is 32.3 Å². The van der Waals surface area contributed by atoms with Crippen LogP contribution in [0.4, 0.5) is 26.3 Å². The summed E-state index contributed by atoms with van der Waals surface area (Å²) >= 11 is 14.5. The van der Waals surface area contributed by atoms with E-state index in [-0.39, 0.29) is 11.1 Å². The van der Waals surface area contributed by atoms with Crippen molar-refractivity contribution in [2.45, 2.75) is 63.2 Å². The number of rotatable bonds is 6. The van der Waals surface area contributed by atoms with E-state index in [9.17, 15) is 26.3 Å². The third kappa shape index (κ3) is 5.58. The lowest BCUT2D eigenvalue weighted by Crippen LogP contribution is -2.43. The zero-order valence-electron chi connectivity index (χ0n) is 26.2. The Morgan fingerprint density at radius 3 is 1.19 bits per heavy atom. The lowest BCUT2D eigenvalue weighted by molar-refractivity contribution is -0.138. The molecule has 0 aliphatic heterocycles. The molecule has 2 atom stereocenters. The highest BCUT2D eigenvalue weighted by molar-refractivity contribution is 6.82. The minimum absolute atomic E-state index is 0.00101. The molecule has 0 nitrogen and oxygen atoms in total. The molecule has 2 aliphatic carbocycles. The standard InChI is InChI=1S/C38H32Cl2F6Si/c1-5-25-33(39)31-27(21-13-17-23(18-14-21)37(41,42)43)9-7-11-29(31)35(25)47(3,4)36-26(6-2)34(40)32-28(10-8-12-30(32)36)22-15-19-24(20-16-22)38(44,45)46/h7-20,35-36H,5-6H2,1-4H3. The number of halogens is 8. The van der Waals surface area contributed by atoms with Gasteiger partial charge in [0.15, 0.2) is 0 Å². The summed E-state index contributed by atoms with van der Waals surface area (Å²) in [6.07, 6.45) is -7.46. The topological polar surface area (TPSA) is 0 Å². The summed E-state index contributed by atoms with van der Waals surface area (Å²) in [5.74, 6) is 0. The van der Waals surface area contributed by atoms with Gasteiger partial charge in [0.1, 0.15) is 0 Å². The fraction of sp³-hybridized carbons (Fsp3) is 0.263. The Morgan fingerprint density at radius 1 is 0.553 bits per heavy atom. The second-order valence-electron chi connectivity index (χ2n) is 12.8. The summed E-state index contributed by atoms with van der Waals surface area (Å²) in [4.78, 5) is 0. The Morgan fingerprint density at radius 2 is 0.894 bits per heavy atom. The number of alkyl halides is 6. The Bertz CT molecular complexity index is 1780. The number of allylic oxidation sites excluding steroid dienone is 2. The van der Waals surface area contributed by atoms with Gasteiger partial charge in [-0.2, -0.15) is 26.3 Å². The molecule has 0 saturated carbocycles. The fourth-order valence-electron chi connectivity index (χ4n) is 7.81. The van der Waals surface area contributed by atoms with Crippen molar-refractivity contribution < 1.29 is 26.3 Å². The summed E-state index contributed by atoms with van der Waals surface area (Å²) in [6, 6.07) is 22.3. The van der Waals surface area contributed by atoms with Crippen LogP contribution in [0.15, 0.2) is 96.1 Å². The molecule has 0 radical (unpaired) electrons. The largest absolute Gasteiger partial charge is 0.416 e. The number of hydrogen-bond donors (Lipinski definition) is 0. The molecule has 2 unspecified atom stereocenters. The molecule has 0 aromatic heterocycles. The molecule has 0 heterocycles. The van der Waals surface area contributed by atoms with Crippen molar-refractivity contribution in [3.8, 4) is 22.3 Å². The lowest BCUT2D eigenvalue weighted by atomic mass is 9.96. The molecule has 0 bridgehead atoms. The first-order chi connectivity index (χ1) is 22.1. The molecule has 0 N–H and O–H groups in total. The van der Waals surface area contributed by atoms with Crippen LogP contribution in [-0.4, -0.2) is 8.07 Å². The van der Waals surface area contributed by atoms with E-state index in [1.807, 2.05) is 24.3 Å². The maximum absolute atomic E-state index is 13.3. The molecule has 6 rings (SSSR count). The highest BCUT2D eigenvalue weighted by Crippen LogP contribution is 2.60. The quantitative estimate of drug-likeness (QED) is 0.139. The first-order valence-corrected chi connectivity index (χ1v) is 19.4. The van der Waals surface area contributed by atoms with Gasteiger partial charge in [-0.25, -0.2) is 0 Å². The first kappa shape index (κ1) is 33.6. The van der Waals surface area contributed by atoms with E-state index in [4.69, 9.17) is 23.2 Å². The predicted molar refractivity (Wildman–Crippen MR) is 183 cm³/mol. The van der Waals surface area contributed by atoms with Gasteiger partial charge in [-0.15, -0.1) is 0 Å². The second-order valence-corrected chi connectivity index (χ2v) is 18.3. The summed E-state index contributed by atoms with van der Waals surface area (Å²) in [6.45, 7) is 8.82. The van der Waals surface area contributed by atoms with Gasteiger partial charge in [0, 0.05) is 32.3 Å². The van der Waals surface area contributed by atoms with E-state index < -0.39 is 31.6 Å². The minimum Gasteiger partial charge on any atom is -0.166 e. The van der Waals surface area contributed by atoms with Crippen LogP contribution in [0.3, 0.4) is 0 Å². The molecule has 0 spiro atoms. The molecule has 47 heavy (non-hydrogen) atoms. The maximum Gasteiger partial charge on any atom is 0.416 e. The van der Waals surface area contributed by atoms with Crippen LogP contribution in [0.1, 0.15) is 71.2 Å². The van der Waals surface area contributed by atoms with Crippen LogP contribution in [0.5, 0.6) is 0 Å². The van der Waals surface area contributed by atoms with Crippen LogP contribution in [0.2, 0.25) is 13.1 Å². The van der Waals surface area contributed by atoms with Gasteiger partial charge < -0.3 is 0 Å². The summed E-state index contributed by atoms with van der Waals surface area (Å²) in [7, 11) is -2.49. The third-order valence-corrected chi connectivity index (χ3v) is 15.0. The Hall–Kier alpha value is -3.26. The number of fused-ring (bicyclic) bond motifs is 2. The highest BCUT2D eigenvalue weighted by atomic mass is 35.5. The van der Waals surface area contributed by atoms with Gasteiger partial charge in [0.05, 0.1) is 19.2 Å². The predicted octanol–water partition coefficient (Wildman–Crippen LogP) is 13.5. The van der Waals surface area contributed by atoms with Crippen molar-refractivity contribution in [1.29, 1.82) is 0 Å². The summed E-state index contributed by atoms with van der Waals surface area (Å²) in [5.41, 5.74) is 7.57. The third-order valence-electron chi connectivity index (χ3n) is 9.81. The van der Waals surface area contributed by atoms with Crippen LogP contribution < -0.4 is 0 Å². The Labute approximate surface area is 281 Å². The van der Waals surface area contributed by atoms with Gasteiger partial charge in [-0.3, -0.25) is 0 Å². The molecular weight excluding hydrogens is 669 g/mol. The van der Waals surface area contributed by atoms with E-state index in [0.717, 1.165) is 68.8 Å². The van der Waals surface area contributed by atoms with Crippen LogP contribution in [0, 0.1) is 0 Å². The van der Waals surface area contributed by atoms with Crippen molar-refractivity contribution in [2.24, 2.45) is 0 Å². The van der Waals surface area contributed by atoms with E-state index in [1.54, 1.807) is 0 Å². The average Bonchev–Trinajstić information content (AvgIpc) is 3.51. The Balaban J connectivity index is 1.48. The van der Waals surface area contributed by atoms with Crippen molar-refractivity contribution in [2.75, 3.05) is 0 Å². The molecule has 0 amide bonds. The minimum atomic E-state index is -4.43. The van der Waals surface area contributed by atoms with Crippen LogP contribution in [-0.2, 0) is 12.4 Å². The van der Waals surface area contributed by atoms with E-state index in [2.05, 4.69) is 39.1 Å². The molecule has 9 heteroatoms. The highest BCUT2D eigenvalue weighted by Gasteiger charge is 2.51. The monoisotopic (exact) mass is 700 g/mol. The molecule has 4 aromatic carbocycles. The van der Waals surface area contributed by atoms with E-state index >= 15 is 0 Å². The first-order valence-electron chi connectivity index (χ1n) is 15.5. The summed E-state index contributed by atoms with van der Waals surface area (Å²) in [5, 5.41) is 1.29. The molecule has 244 valence electrons. The van der Waals surface area contributed by atoms with Crippen molar-refractivity contribution in [1.82, 2.24) is 0 Å². The normalized spacial score (nSPS) is 18.2. The van der Waals surface area contributed by atoms with E-state index in [1.165, 1.54) is 24.3 Å². The second kappa shape index (κ2) is 12.0. The van der Waals surface area contributed by atoms with Gasteiger partial charge >= 0.3 is 12.4 Å². The molecule has 0 fully saturated rings. The zero-order valence-corrected chi connectivity index (χ0v) is 28.7. The van der Waals surface area contributed by atoms with Crippen LogP contribution >= 0.6 is 23.2 Å². The smallest absolute Gasteiger partial charge is 0.166 e. The number of hydrogen-bond acceptors (Lipinski definition) is 0.